The van der Waals surface area contributed by atoms with Crippen molar-refractivity contribution in [2.75, 3.05) is 34.5 Å². The lowest BCUT2D eigenvalue weighted by molar-refractivity contribution is 0.0990. The number of amides is 2. The highest BCUT2D eigenvalue weighted by molar-refractivity contribution is 6.09. The number of ether oxygens (including phenoxy) is 2. The number of urea groups is 1. The number of hydrogen-bond acceptors (Lipinski definition) is 9. The van der Waals surface area contributed by atoms with Gasteiger partial charge in [0.1, 0.15) is 13.2 Å². The molecule has 0 saturated heterocycles. The molecule has 2 amide bonds. The molecule has 0 aliphatic heterocycles. The molecule has 6 N–H and O–H groups in total. The van der Waals surface area contributed by atoms with Gasteiger partial charge < -0.3 is 41.0 Å². The van der Waals surface area contributed by atoms with Crippen LogP contribution in [0.1, 0.15) is 90.0 Å². The second kappa shape index (κ2) is 13.9. The van der Waals surface area contributed by atoms with Gasteiger partial charge in [0.2, 0.25) is 0 Å². The fraction of sp³-hybridized carbons (Fsp3) is 0.516. The topological polar surface area (TPSA) is 158 Å². The lowest BCUT2D eigenvalue weighted by atomic mass is 10.0. The Kier molecular flexibility index (Phi) is 11.4. The van der Waals surface area contributed by atoms with Gasteiger partial charge in [-0.3, -0.25) is 9.59 Å². The molecule has 2 aromatic rings. The zero-order valence-electron chi connectivity index (χ0n) is 26.3. The van der Waals surface area contributed by atoms with Gasteiger partial charge in [0.05, 0.1) is 34.7 Å². The van der Waals surface area contributed by atoms with Crippen LogP contribution >= 0.6 is 0 Å². The molecule has 0 aliphatic carbocycles. The molecule has 2 atom stereocenters. The molecule has 0 bridgehead atoms. The van der Waals surface area contributed by atoms with Gasteiger partial charge >= 0.3 is 6.03 Å². The lowest BCUT2D eigenvalue weighted by Gasteiger charge is -2.26. The van der Waals surface area contributed by atoms with Crippen LogP contribution in [-0.2, 0) is 0 Å². The summed E-state index contributed by atoms with van der Waals surface area (Å²) < 4.78 is 11.7. The predicted octanol–water partition coefficient (Wildman–Crippen LogP) is 5.68. The van der Waals surface area contributed by atoms with Gasteiger partial charge in [0.25, 0.3) is 0 Å². The van der Waals surface area contributed by atoms with Crippen molar-refractivity contribution in [3.05, 3.63) is 35.4 Å². The minimum atomic E-state index is -0.829. The highest BCUT2D eigenvalue weighted by Gasteiger charge is 2.25. The van der Waals surface area contributed by atoms with Gasteiger partial charge in [-0.25, -0.2) is 4.79 Å². The minimum absolute atomic E-state index is 0.104. The predicted molar refractivity (Wildman–Crippen MR) is 167 cm³/mol. The Labute approximate surface area is 248 Å². The van der Waals surface area contributed by atoms with E-state index in [-0.39, 0.29) is 69.9 Å². The van der Waals surface area contributed by atoms with E-state index in [0.717, 1.165) is 0 Å². The number of anilines is 4. The zero-order chi connectivity index (χ0) is 32.0. The lowest BCUT2D eigenvalue weighted by Crippen LogP contribution is -2.28. The second-order valence-corrected chi connectivity index (χ2v) is 12.5. The van der Waals surface area contributed by atoms with E-state index in [2.05, 4.69) is 21.3 Å². The molecule has 2 aromatic carbocycles. The van der Waals surface area contributed by atoms with Gasteiger partial charge in [0.15, 0.2) is 23.1 Å². The molecule has 0 aromatic heterocycles. The van der Waals surface area contributed by atoms with E-state index in [1.54, 1.807) is 38.1 Å². The number of hydrogen-bond donors (Lipinski definition) is 6. The highest BCUT2D eigenvalue weighted by Crippen LogP contribution is 2.39. The normalized spacial score (nSPS) is 13.0. The molecule has 0 heterocycles. The van der Waals surface area contributed by atoms with Crippen LogP contribution in [0.15, 0.2) is 24.3 Å². The quantitative estimate of drug-likeness (QED) is 0.172. The number of benzene rings is 2. The van der Waals surface area contributed by atoms with E-state index in [4.69, 9.17) is 9.47 Å². The Morgan fingerprint density at radius 1 is 0.667 bits per heavy atom. The molecule has 42 heavy (non-hydrogen) atoms. The smallest absolute Gasteiger partial charge is 0.323 e. The van der Waals surface area contributed by atoms with Crippen LogP contribution in [0.3, 0.4) is 0 Å². The fourth-order valence-electron chi connectivity index (χ4n) is 4.06. The molecule has 0 fully saturated rings. The van der Waals surface area contributed by atoms with E-state index >= 15 is 0 Å². The van der Waals surface area contributed by atoms with E-state index in [9.17, 15) is 24.6 Å². The average molecular weight is 587 g/mol. The van der Waals surface area contributed by atoms with Crippen molar-refractivity contribution < 1.29 is 34.1 Å². The SMILES string of the molecule is CC(=O)c1c(NC(C)(C)C)ccc(NC(=O)Nc2ccc(NC(C)(C)C)c(C(C)=O)c2OCC(C)O)c1OCC(C)O. The third-order valence-corrected chi connectivity index (χ3v) is 5.47. The Morgan fingerprint density at radius 3 is 1.24 bits per heavy atom. The summed E-state index contributed by atoms with van der Waals surface area (Å²) in [7, 11) is 0. The third-order valence-electron chi connectivity index (χ3n) is 5.47. The van der Waals surface area contributed by atoms with Crippen molar-refractivity contribution in [3.63, 3.8) is 0 Å². The van der Waals surface area contributed by atoms with Crippen molar-refractivity contribution in [2.45, 2.75) is 92.5 Å². The van der Waals surface area contributed by atoms with E-state index in [0.29, 0.717) is 11.4 Å². The first kappa shape index (κ1) is 34.4. The Morgan fingerprint density at radius 2 is 0.976 bits per heavy atom. The third kappa shape index (κ3) is 10.2. The van der Waals surface area contributed by atoms with Crippen LogP contribution in [0.2, 0.25) is 0 Å². The Bertz CT molecular complexity index is 1190. The van der Waals surface area contributed by atoms with Crippen LogP contribution in [0.5, 0.6) is 11.5 Å². The summed E-state index contributed by atoms with van der Waals surface area (Å²) in [4.78, 5) is 38.8. The van der Waals surface area contributed by atoms with Gasteiger partial charge in [0, 0.05) is 22.5 Å². The number of aliphatic hydroxyl groups excluding tert-OH is 2. The number of aliphatic hydroxyl groups is 2. The van der Waals surface area contributed by atoms with Crippen LogP contribution in [-0.4, -0.2) is 64.3 Å². The number of nitrogens with one attached hydrogen (secondary N) is 4. The first-order valence-corrected chi connectivity index (χ1v) is 13.9. The molecule has 0 saturated carbocycles. The van der Waals surface area contributed by atoms with E-state index in [1.165, 1.54) is 13.8 Å². The number of carbonyl (C=O) groups excluding carboxylic acids is 3. The van der Waals surface area contributed by atoms with Crippen molar-refractivity contribution in [1.82, 2.24) is 0 Å². The van der Waals surface area contributed by atoms with Crippen LogP contribution < -0.4 is 30.7 Å². The van der Waals surface area contributed by atoms with Gasteiger partial charge in [-0.15, -0.1) is 0 Å². The Balaban J connectivity index is 2.56. The number of rotatable bonds is 12. The fourth-order valence-corrected chi connectivity index (χ4v) is 4.06. The summed E-state index contributed by atoms with van der Waals surface area (Å²) in [5.74, 6) is -0.387. The maximum atomic E-state index is 13.3. The molecule has 2 unspecified atom stereocenters. The van der Waals surface area contributed by atoms with E-state index in [1.807, 2.05) is 41.5 Å². The summed E-state index contributed by atoms with van der Waals surface area (Å²) >= 11 is 0. The summed E-state index contributed by atoms with van der Waals surface area (Å²) in [5, 5.41) is 31.7. The molecule has 0 aliphatic rings. The van der Waals surface area contributed by atoms with Crippen molar-refractivity contribution >= 4 is 40.3 Å². The minimum Gasteiger partial charge on any atom is -0.488 e. The standard InChI is InChI=1S/C31H46N4O7/c1-17(36)15-41-27-23(13-11-21(25(27)19(3)38)34-30(5,6)7)32-29(40)33-24-14-12-22(35-31(8,9)10)26(20(4)39)28(24)42-16-18(2)37/h11-14,17-18,34-37H,15-16H2,1-10H3,(H2,32,33,40). The number of carbonyl (C=O) groups is 3. The maximum Gasteiger partial charge on any atom is 0.323 e. The zero-order valence-corrected chi connectivity index (χ0v) is 26.3. The summed E-state index contributed by atoms with van der Waals surface area (Å²) in [6, 6.07) is 5.84. The molecular weight excluding hydrogens is 540 g/mol. The first-order valence-electron chi connectivity index (χ1n) is 13.9. The molecule has 0 radical (unpaired) electrons. The summed E-state index contributed by atoms with van der Waals surface area (Å²) in [6.07, 6.45) is -1.66. The van der Waals surface area contributed by atoms with Gasteiger partial charge in [-0.05, 0) is 93.5 Å². The molecule has 232 valence electrons. The average Bonchev–Trinajstić information content (AvgIpc) is 2.81. The van der Waals surface area contributed by atoms with Gasteiger partial charge in [-0.1, -0.05) is 0 Å². The molecule has 11 heteroatoms. The maximum absolute atomic E-state index is 13.3. The highest BCUT2D eigenvalue weighted by atomic mass is 16.5. The van der Waals surface area contributed by atoms with Crippen molar-refractivity contribution in [3.8, 4) is 11.5 Å². The number of ketones is 2. The summed E-state index contributed by atoms with van der Waals surface area (Å²) in [5.41, 5.74) is 1.13. The first-order chi connectivity index (χ1) is 19.3. The Hall–Kier alpha value is -3.83. The van der Waals surface area contributed by atoms with Crippen molar-refractivity contribution in [2.24, 2.45) is 0 Å². The summed E-state index contributed by atoms with van der Waals surface area (Å²) in [6.45, 7) is 17.3. The largest absolute Gasteiger partial charge is 0.488 e. The second-order valence-electron chi connectivity index (χ2n) is 12.5. The molecule has 11 nitrogen and oxygen atoms in total. The van der Waals surface area contributed by atoms with Crippen molar-refractivity contribution in [1.29, 1.82) is 0 Å². The van der Waals surface area contributed by atoms with Gasteiger partial charge in [-0.2, -0.15) is 0 Å². The molecular formula is C31H46N4O7. The number of Topliss-reactive ketones (excluding diaryl/α,β-unsaturated/α-hetero) is 2. The monoisotopic (exact) mass is 586 g/mol. The van der Waals surface area contributed by atoms with Crippen LogP contribution in [0.25, 0.3) is 0 Å². The van der Waals surface area contributed by atoms with Crippen LogP contribution in [0, 0.1) is 0 Å². The van der Waals surface area contributed by atoms with Crippen LogP contribution in [0.4, 0.5) is 27.5 Å². The van der Waals surface area contributed by atoms with E-state index < -0.39 is 18.2 Å². The molecule has 0 spiro atoms. The molecule has 2 rings (SSSR count).